The molecule has 106 valence electrons. The third-order valence-electron chi connectivity index (χ3n) is 3.77. The zero-order chi connectivity index (χ0) is 14.4. The fourth-order valence-electron chi connectivity index (χ4n) is 2.34. The fourth-order valence-corrected chi connectivity index (χ4v) is 4.59. The number of hydrogen-bond acceptors (Lipinski definition) is 3. The summed E-state index contributed by atoms with van der Waals surface area (Å²) < 4.78 is 0.807. The Morgan fingerprint density at radius 2 is 2.15 bits per heavy atom. The molecule has 0 bridgehead atoms. The third-order valence-corrected chi connectivity index (χ3v) is 6.46. The molecular weight excluding hydrogens is 360 g/mol. The van der Waals surface area contributed by atoms with Crippen LogP contribution < -0.4 is 5.32 Å². The molecule has 1 saturated carbocycles. The van der Waals surface area contributed by atoms with Crippen molar-refractivity contribution in [3.05, 3.63) is 25.6 Å². The normalized spacial score (nSPS) is 15.4. The van der Waals surface area contributed by atoms with Gasteiger partial charge in [0.15, 0.2) is 0 Å². The number of carbonyl (C=O) groups is 1. The van der Waals surface area contributed by atoms with E-state index in [0.717, 1.165) is 38.8 Å². The predicted molar refractivity (Wildman–Crippen MR) is 86.9 cm³/mol. The number of aryl methyl sites for hydroxylation is 2. The largest absolute Gasteiger partial charge is 0.349 e. The minimum absolute atomic E-state index is 0.0160. The molecular formula is C14H14BrClN2OS. The SMILES string of the molecule is Cc1nc2sc(C(=O)NC3CCC3)c(Br)c2c(C)c1Cl. The number of nitrogens with zero attached hydrogens (tertiary/aromatic N) is 1. The summed E-state index contributed by atoms with van der Waals surface area (Å²) in [6.45, 7) is 3.85. The van der Waals surface area contributed by atoms with Crippen molar-refractivity contribution in [3.63, 3.8) is 0 Å². The van der Waals surface area contributed by atoms with Gasteiger partial charge in [0.25, 0.3) is 5.91 Å². The number of hydrogen-bond donors (Lipinski definition) is 1. The maximum absolute atomic E-state index is 12.3. The van der Waals surface area contributed by atoms with E-state index in [1.165, 1.54) is 17.8 Å². The summed E-state index contributed by atoms with van der Waals surface area (Å²) in [7, 11) is 0. The highest BCUT2D eigenvalue weighted by Gasteiger charge is 2.25. The predicted octanol–water partition coefficient (Wildman–Crippen LogP) is 4.61. The lowest BCUT2D eigenvalue weighted by atomic mass is 9.93. The van der Waals surface area contributed by atoms with E-state index in [2.05, 4.69) is 26.2 Å². The van der Waals surface area contributed by atoms with E-state index < -0.39 is 0 Å². The van der Waals surface area contributed by atoms with Gasteiger partial charge >= 0.3 is 0 Å². The molecule has 3 rings (SSSR count). The molecule has 2 aromatic rings. The first kappa shape index (κ1) is 14.3. The number of rotatable bonds is 2. The van der Waals surface area contributed by atoms with Crippen molar-refractivity contribution in [1.82, 2.24) is 10.3 Å². The van der Waals surface area contributed by atoms with Crippen LogP contribution in [0.4, 0.5) is 0 Å². The Morgan fingerprint density at radius 1 is 1.45 bits per heavy atom. The Bertz CT molecular complexity index is 709. The average molecular weight is 374 g/mol. The fraction of sp³-hybridized carbons (Fsp3) is 0.429. The molecule has 1 aliphatic rings. The maximum Gasteiger partial charge on any atom is 0.262 e. The second-order valence-corrected chi connectivity index (χ2v) is 7.33. The number of fused-ring (bicyclic) bond motifs is 1. The van der Waals surface area contributed by atoms with E-state index >= 15 is 0 Å². The maximum atomic E-state index is 12.3. The number of halogens is 2. The van der Waals surface area contributed by atoms with Gasteiger partial charge in [0, 0.05) is 11.4 Å². The van der Waals surface area contributed by atoms with Crippen LogP contribution in [-0.4, -0.2) is 16.9 Å². The van der Waals surface area contributed by atoms with Crippen LogP contribution >= 0.6 is 38.9 Å². The van der Waals surface area contributed by atoms with Crippen molar-refractivity contribution >= 4 is 55.0 Å². The molecule has 0 aliphatic heterocycles. The standard InChI is InChI=1S/C14H14BrClN2OS/c1-6-9-10(15)12(13(19)18-8-4-3-5-8)20-14(9)17-7(2)11(6)16/h8H,3-5H2,1-2H3,(H,18,19). The highest BCUT2D eigenvalue weighted by Crippen LogP contribution is 2.39. The third kappa shape index (κ3) is 2.26. The molecule has 2 aromatic heterocycles. The molecule has 0 saturated heterocycles. The Morgan fingerprint density at radius 3 is 2.75 bits per heavy atom. The molecule has 0 unspecified atom stereocenters. The number of amides is 1. The molecule has 3 nitrogen and oxygen atoms in total. The Labute approximate surface area is 134 Å². The van der Waals surface area contributed by atoms with Gasteiger partial charge < -0.3 is 5.32 Å². The minimum Gasteiger partial charge on any atom is -0.349 e. The van der Waals surface area contributed by atoms with Crippen molar-refractivity contribution in [3.8, 4) is 0 Å². The molecule has 1 N–H and O–H groups in total. The zero-order valence-electron chi connectivity index (χ0n) is 11.2. The molecule has 0 radical (unpaired) electrons. The Hall–Kier alpha value is -0.650. The lowest BCUT2D eigenvalue weighted by Crippen LogP contribution is -2.39. The van der Waals surface area contributed by atoms with Gasteiger partial charge in [-0.1, -0.05) is 11.6 Å². The molecule has 1 fully saturated rings. The van der Waals surface area contributed by atoms with Crippen LogP contribution in [0.2, 0.25) is 5.02 Å². The van der Waals surface area contributed by atoms with Crippen molar-refractivity contribution in [1.29, 1.82) is 0 Å². The monoisotopic (exact) mass is 372 g/mol. The summed E-state index contributed by atoms with van der Waals surface area (Å²) >= 11 is 11.2. The van der Waals surface area contributed by atoms with Crippen LogP contribution in [0.5, 0.6) is 0 Å². The summed E-state index contributed by atoms with van der Waals surface area (Å²) in [6.07, 6.45) is 3.36. The molecule has 20 heavy (non-hydrogen) atoms. The number of thiophene rings is 1. The Kier molecular flexibility index (Phi) is 3.77. The molecule has 6 heteroatoms. The molecule has 2 heterocycles. The zero-order valence-corrected chi connectivity index (χ0v) is 14.4. The van der Waals surface area contributed by atoms with E-state index in [9.17, 15) is 4.79 Å². The summed E-state index contributed by atoms with van der Waals surface area (Å²) in [6, 6.07) is 0.332. The molecule has 1 amide bonds. The summed E-state index contributed by atoms with van der Waals surface area (Å²) in [5.41, 5.74) is 1.77. The van der Waals surface area contributed by atoms with Crippen LogP contribution in [0.15, 0.2) is 4.47 Å². The van der Waals surface area contributed by atoms with Crippen molar-refractivity contribution in [2.45, 2.75) is 39.2 Å². The number of aromatic nitrogens is 1. The van der Waals surface area contributed by atoms with Gasteiger partial charge in [-0.2, -0.15) is 0 Å². The van der Waals surface area contributed by atoms with E-state index in [1.54, 1.807) is 0 Å². The molecule has 0 aromatic carbocycles. The molecule has 1 aliphatic carbocycles. The first-order chi connectivity index (χ1) is 9.49. The van der Waals surface area contributed by atoms with Crippen LogP contribution in [0.1, 0.15) is 40.2 Å². The highest BCUT2D eigenvalue weighted by molar-refractivity contribution is 9.10. The lowest BCUT2D eigenvalue weighted by Gasteiger charge is -2.26. The van der Waals surface area contributed by atoms with Crippen LogP contribution in [0.25, 0.3) is 10.2 Å². The molecule has 0 atom stereocenters. The first-order valence-corrected chi connectivity index (χ1v) is 8.53. The van der Waals surface area contributed by atoms with Crippen LogP contribution in [0, 0.1) is 13.8 Å². The van der Waals surface area contributed by atoms with E-state index in [0.29, 0.717) is 15.9 Å². The smallest absolute Gasteiger partial charge is 0.262 e. The van der Waals surface area contributed by atoms with Gasteiger partial charge in [-0.15, -0.1) is 11.3 Å². The number of carbonyl (C=O) groups excluding carboxylic acids is 1. The van der Waals surface area contributed by atoms with E-state index in [-0.39, 0.29) is 5.91 Å². The topological polar surface area (TPSA) is 42.0 Å². The molecule has 0 spiro atoms. The number of nitrogens with one attached hydrogen (secondary N) is 1. The van der Waals surface area contributed by atoms with Gasteiger partial charge in [0.1, 0.15) is 9.71 Å². The lowest BCUT2D eigenvalue weighted by molar-refractivity contribution is 0.0920. The first-order valence-electron chi connectivity index (χ1n) is 6.54. The summed E-state index contributed by atoms with van der Waals surface area (Å²) in [5.74, 6) is -0.0160. The summed E-state index contributed by atoms with van der Waals surface area (Å²) in [4.78, 5) is 18.4. The quantitative estimate of drug-likeness (QED) is 0.835. The van der Waals surface area contributed by atoms with Gasteiger partial charge in [-0.3, -0.25) is 4.79 Å². The average Bonchev–Trinajstić information content (AvgIpc) is 2.68. The highest BCUT2D eigenvalue weighted by atomic mass is 79.9. The van der Waals surface area contributed by atoms with Gasteiger partial charge in [-0.05, 0) is 54.6 Å². The van der Waals surface area contributed by atoms with E-state index in [4.69, 9.17) is 11.6 Å². The van der Waals surface area contributed by atoms with Crippen LogP contribution in [0.3, 0.4) is 0 Å². The summed E-state index contributed by atoms with van der Waals surface area (Å²) in [5, 5.41) is 4.68. The van der Waals surface area contributed by atoms with Crippen molar-refractivity contribution < 1.29 is 4.79 Å². The van der Waals surface area contributed by atoms with E-state index in [1.807, 2.05) is 13.8 Å². The second-order valence-electron chi connectivity index (χ2n) is 5.16. The van der Waals surface area contributed by atoms with Gasteiger partial charge in [0.05, 0.1) is 15.2 Å². The Balaban J connectivity index is 2.06. The van der Waals surface area contributed by atoms with Gasteiger partial charge in [-0.25, -0.2) is 4.98 Å². The van der Waals surface area contributed by atoms with Crippen molar-refractivity contribution in [2.75, 3.05) is 0 Å². The minimum atomic E-state index is -0.0160. The van der Waals surface area contributed by atoms with Gasteiger partial charge in [0.2, 0.25) is 0 Å². The van der Waals surface area contributed by atoms with Crippen LogP contribution in [-0.2, 0) is 0 Å². The second kappa shape index (κ2) is 5.28. The van der Waals surface area contributed by atoms with Crippen molar-refractivity contribution in [2.24, 2.45) is 0 Å². The number of pyridine rings is 1.